The Balaban J connectivity index is 1.92. The molecule has 120 valence electrons. The van der Waals surface area contributed by atoms with Crippen LogP contribution in [-0.2, 0) is 9.53 Å². The molecule has 7 heteroatoms. The smallest absolute Gasteiger partial charge is 0.317 e. The van der Waals surface area contributed by atoms with Crippen molar-refractivity contribution in [1.82, 2.24) is 10.2 Å². The first-order chi connectivity index (χ1) is 9.78. The number of carbonyl (C=O) groups excluding carboxylic acids is 1. The summed E-state index contributed by atoms with van der Waals surface area (Å²) in [5.41, 5.74) is -1.32. The third-order valence-corrected chi connectivity index (χ3v) is 4.31. The van der Waals surface area contributed by atoms with Crippen LogP contribution in [0.1, 0.15) is 33.1 Å². The van der Waals surface area contributed by atoms with Crippen LogP contribution in [0.4, 0.5) is 4.79 Å². The molecule has 2 aliphatic rings. The fourth-order valence-corrected chi connectivity index (χ4v) is 2.97. The molecule has 0 aromatic rings. The summed E-state index contributed by atoms with van der Waals surface area (Å²) in [4.78, 5) is 25.1. The van der Waals surface area contributed by atoms with Gasteiger partial charge < -0.3 is 25.2 Å². The molecule has 0 bridgehead atoms. The maximum atomic E-state index is 12.2. The van der Waals surface area contributed by atoms with E-state index in [1.54, 1.807) is 4.90 Å². The molecule has 1 unspecified atom stereocenters. The number of morpholine rings is 1. The molecule has 1 saturated heterocycles. The van der Waals surface area contributed by atoms with Crippen LogP contribution in [0.15, 0.2) is 0 Å². The van der Waals surface area contributed by atoms with E-state index in [2.05, 4.69) is 5.32 Å². The Morgan fingerprint density at radius 2 is 2.05 bits per heavy atom. The van der Waals surface area contributed by atoms with Gasteiger partial charge in [0.15, 0.2) is 0 Å². The van der Waals surface area contributed by atoms with E-state index in [9.17, 15) is 19.8 Å². The van der Waals surface area contributed by atoms with Crippen molar-refractivity contribution in [1.29, 1.82) is 0 Å². The second-order valence-corrected chi connectivity index (χ2v) is 6.66. The number of amides is 2. The van der Waals surface area contributed by atoms with Gasteiger partial charge in [-0.15, -0.1) is 0 Å². The molecule has 7 nitrogen and oxygen atoms in total. The molecule has 0 radical (unpaired) electrons. The summed E-state index contributed by atoms with van der Waals surface area (Å²) in [5, 5.41) is 21.2. The van der Waals surface area contributed by atoms with Crippen molar-refractivity contribution >= 4 is 12.0 Å². The van der Waals surface area contributed by atoms with Crippen LogP contribution in [0.2, 0.25) is 0 Å². The molecular weight excluding hydrogens is 276 g/mol. The Labute approximate surface area is 124 Å². The average molecular weight is 300 g/mol. The molecule has 1 heterocycles. The lowest BCUT2D eigenvalue weighted by Crippen LogP contribution is -2.59. The van der Waals surface area contributed by atoms with E-state index < -0.39 is 23.1 Å². The molecular formula is C14H24N2O5. The molecule has 2 fully saturated rings. The number of carbonyl (C=O) groups is 2. The van der Waals surface area contributed by atoms with Gasteiger partial charge in [0.25, 0.3) is 0 Å². The number of nitrogens with zero attached hydrogens (tertiary/aromatic N) is 1. The Hall–Kier alpha value is -1.34. The number of hydrogen-bond donors (Lipinski definition) is 3. The van der Waals surface area contributed by atoms with Crippen molar-refractivity contribution in [2.45, 2.75) is 44.8 Å². The second kappa shape index (κ2) is 5.81. The number of urea groups is 1. The number of hydrogen-bond acceptors (Lipinski definition) is 4. The van der Waals surface area contributed by atoms with Crippen molar-refractivity contribution in [3.8, 4) is 0 Å². The van der Waals surface area contributed by atoms with Gasteiger partial charge in [0.05, 0.1) is 36.8 Å². The van der Waals surface area contributed by atoms with Gasteiger partial charge in [-0.1, -0.05) is 6.42 Å². The summed E-state index contributed by atoms with van der Waals surface area (Å²) >= 11 is 0. The minimum Gasteiger partial charge on any atom is -0.481 e. The van der Waals surface area contributed by atoms with Gasteiger partial charge in [0.2, 0.25) is 0 Å². The topological polar surface area (TPSA) is 99.1 Å². The Bertz CT molecular complexity index is 420. The summed E-state index contributed by atoms with van der Waals surface area (Å²) in [7, 11) is 0. The summed E-state index contributed by atoms with van der Waals surface area (Å²) in [5.74, 6) is -0.843. The lowest BCUT2D eigenvalue weighted by molar-refractivity contribution is -0.154. The summed E-state index contributed by atoms with van der Waals surface area (Å²) in [6, 6.07) is -0.294. The lowest BCUT2D eigenvalue weighted by Gasteiger charge is -2.43. The van der Waals surface area contributed by atoms with Crippen molar-refractivity contribution in [2.75, 3.05) is 26.2 Å². The van der Waals surface area contributed by atoms with Crippen LogP contribution in [0.25, 0.3) is 0 Å². The molecule has 2 amide bonds. The van der Waals surface area contributed by atoms with Crippen LogP contribution in [-0.4, -0.2) is 65.1 Å². The van der Waals surface area contributed by atoms with Gasteiger partial charge >= 0.3 is 12.0 Å². The zero-order valence-corrected chi connectivity index (χ0v) is 12.6. The van der Waals surface area contributed by atoms with Crippen molar-refractivity contribution in [3.63, 3.8) is 0 Å². The van der Waals surface area contributed by atoms with Crippen molar-refractivity contribution in [2.24, 2.45) is 5.41 Å². The quantitative estimate of drug-likeness (QED) is 0.699. The molecule has 0 spiro atoms. The van der Waals surface area contributed by atoms with E-state index in [1.807, 2.05) is 13.8 Å². The third-order valence-electron chi connectivity index (χ3n) is 4.31. The van der Waals surface area contributed by atoms with Gasteiger partial charge in [-0.3, -0.25) is 4.79 Å². The van der Waals surface area contributed by atoms with Gasteiger partial charge in [-0.2, -0.15) is 0 Å². The summed E-state index contributed by atoms with van der Waals surface area (Å²) < 4.78 is 5.65. The maximum absolute atomic E-state index is 12.2. The van der Waals surface area contributed by atoms with E-state index in [4.69, 9.17) is 4.74 Å². The molecule has 0 aromatic carbocycles. The Morgan fingerprint density at radius 3 is 2.52 bits per heavy atom. The van der Waals surface area contributed by atoms with Gasteiger partial charge in [0, 0.05) is 6.54 Å². The summed E-state index contributed by atoms with van der Waals surface area (Å²) in [6.07, 6.45) is 1.70. The number of aliphatic hydroxyl groups is 1. The highest BCUT2D eigenvalue weighted by molar-refractivity contribution is 5.79. The van der Waals surface area contributed by atoms with E-state index >= 15 is 0 Å². The Morgan fingerprint density at radius 1 is 1.38 bits per heavy atom. The monoisotopic (exact) mass is 300 g/mol. The fraction of sp³-hybridized carbons (Fsp3) is 0.857. The number of nitrogens with one attached hydrogen (secondary N) is 1. The number of ether oxygens (including phenoxy) is 1. The van der Waals surface area contributed by atoms with Crippen molar-refractivity contribution in [3.05, 3.63) is 0 Å². The predicted octanol–water partition coefficient (Wildman–Crippen LogP) is 0.423. The largest absolute Gasteiger partial charge is 0.481 e. The molecule has 1 saturated carbocycles. The number of rotatable bonds is 4. The standard InChI is InChI=1S/C14H24N2O5/c1-13(2)9-16(6-10(7-17)21-13)12(20)15-8-14(11(18)19)4-3-5-14/h10,17H,3-9H2,1-2H3,(H,15,20)(H,18,19). The first kappa shape index (κ1) is 16.0. The van der Waals surface area contributed by atoms with Crippen molar-refractivity contribution < 1.29 is 24.5 Å². The van der Waals surface area contributed by atoms with E-state index in [0.29, 0.717) is 25.9 Å². The fourth-order valence-electron chi connectivity index (χ4n) is 2.97. The normalized spacial score (nSPS) is 26.8. The molecule has 1 aliphatic carbocycles. The number of carboxylic acid groups (broad SMARTS) is 1. The predicted molar refractivity (Wildman–Crippen MR) is 74.9 cm³/mol. The average Bonchev–Trinajstić information content (AvgIpc) is 2.34. The molecule has 1 aliphatic heterocycles. The minimum atomic E-state index is -0.843. The highest BCUT2D eigenvalue weighted by Crippen LogP contribution is 2.40. The second-order valence-electron chi connectivity index (χ2n) is 6.66. The van der Waals surface area contributed by atoms with E-state index in [0.717, 1.165) is 6.42 Å². The maximum Gasteiger partial charge on any atom is 0.317 e. The van der Waals surface area contributed by atoms with Gasteiger partial charge in [-0.05, 0) is 26.7 Å². The number of carboxylic acids is 1. The zero-order chi connectivity index (χ0) is 15.7. The molecule has 21 heavy (non-hydrogen) atoms. The third kappa shape index (κ3) is 3.47. The Kier molecular flexibility index (Phi) is 4.43. The van der Waals surface area contributed by atoms with E-state index in [-0.39, 0.29) is 19.2 Å². The molecule has 1 atom stereocenters. The first-order valence-corrected chi connectivity index (χ1v) is 7.33. The number of aliphatic carboxylic acids is 1. The SMILES string of the molecule is CC1(C)CN(C(=O)NCC2(C(=O)O)CCC2)CC(CO)O1. The molecule has 2 rings (SSSR count). The van der Waals surface area contributed by atoms with Crippen LogP contribution in [0, 0.1) is 5.41 Å². The highest BCUT2D eigenvalue weighted by Gasteiger charge is 2.45. The molecule has 0 aromatic heterocycles. The number of aliphatic hydroxyl groups excluding tert-OH is 1. The lowest BCUT2D eigenvalue weighted by atomic mass is 9.69. The van der Waals surface area contributed by atoms with Crippen LogP contribution in [0.5, 0.6) is 0 Å². The van der Waals surface area contributed by atoms with Gasteiger partial charge in [0.1, 0.15) is 0 Å². The minimum absolute atomic E-state index is 0.147. The zero-order valence-electron chi connectivity index (χ0n) is 12.6. The molecule has 3 N–H and O–H groups in total. The highest BCUT2D eigenvalue weighted by atomic mass is 16.5. The van der Waals surface area contributed by atoms with Crippen LogP contribution in [0.3, 0.4) is 0 Å². The van der Waals surface area contributed by atoms with Gasteiger partial charge in [-0.25, -0.2) is 4.79 Å². The van der Waals surface area contributed by atoms with Crippen LogP contribution < -0.4 is 5.32 Å². The van der Waals surface area contributed by atoms with E-state index in [1.165, 1.54) is 0 Å². The first-order valence-electron chi connectivity index (χ1n) is 7.33. The van der Waals surface area contributed by atoms with Crippen LogP contribution >= 0.6 is 0 Å². The summed E-state index contributed by atoms with van der Waals surface area (Å²) in [6.45, 7) is 4.45.